The van der Waals surface area contributed by atoms with Gasteiger partial charge in [-0.3, -0.25) is 4.79 Å². The van der Waals surface area contributed by atoms with Crippen molar-refractivity contribution in [3.05, 3.63) is 0 Å². The van der Waals surface area contributed by atoms with Crippen LogP contribution in [0.2, 0.25) is 0 Å². The molecule has 0 bridgehead atoms. The number of nitrogens with zero attached hydrogens (tertiary/aromatic N) is 1. The number of carbonyl (C=O) groups excluding carboxylic acids is 2. The molecule has 0 N–H and O–H groups in total. The molecule has 19 heavy (non-hydrogen) atoms. The maximum absolute atomic E-state index is 12.1. The summed E-state index contributed by atoms with van der Waals surface area (Å²) in [7, 11) is 0. The topological polar surface area (TPSA) is 55.8 Å². The maximum atomic E-state index is 12.1. The zero-order chi connectivity index (χ0) is 14.3. The van der Waals surface area contributed by atoms with Crippen molar-refractivity contribution in [1.82, 2.24) is 4.90 Å². The Morgan fingerprint density at radius 1 is 1.37 bits per heavy atom. The molecule has 2 rings (SSSR count). The first-order valence-corrected chi connectivity index (χ1v) is 6.87. The monoisotopic (exact) mass is 269 g/mol. The Morgan fingerprint density at radius 3 is 2.37 bits per heavy atom. The van der Waals surface area contributed by atoms with Crippen LogP contribution in [0.5, 0.6) is 0 Å². The SMILES string of the molecule is CC1OCC2(CCN(C(=O)OC(C)(C)C)CC2)C1=O. The Bertz CT molecular complexity index is 377. The minimum absolute atomic E-state index is 0.191. The Balaban J connectivity index is 1.93. The highest BCUT2D eigenvalue weighted by Crippen LogP contribution is 2.39. The van der Waals surface area contributed by atoms with Crippen LogP contribution in [-0.4, -0.2) is 48.2 Å². The van der Waals surface area contributed by atoms with Gasteiger partial charge in [-0.05, 0) is 40.5 Å². The molecular weight excluding hydrogens is 246 g/mol. The molecule has 2 heterocycles. The first kappa shape index (κ1) is 14.3. The van der Waals surface area contributed by atoms with Crippen molar-refractivity contribution in [1.29, 1.82) is 0 Å². The second kappa shape index (κ2) is 4.78. The molecule has 0 aromatic carbocycles. The van der Waals surface area contributed by atoms with E-state index in [2.05, 4.69) is 0 Å². The van der Waals surface area contributed by atoms with Crippen molar-refractivity contribution >= 4 is 11.9 Å². The summed E-state index contributed by atoms with van der Waals surface area (Å²) in [6, 6.07) is 0. The zero-order valence-electron chi connectivity index (χ0n) is 12.2. The van der Waals surface area contributed by atoms with Crippen molar-refractivity contribution in [2.24, 2.45) is 5.41 Å². The van der Waals surface area contributed by atoms with Crippen LogP contribution < -0.4 is 0 Å². The molecule has 0 aromatic heterocycles. The molecule has 0 saturated carbocycles. The largest absolute Gasteiger partial charge is 0.444 e. The van der Waals surface area contributed by atoms with E-state index >= 15 is 0 Å². The van der Waals surface area contributed by atoms with Gasteiger partial charge >= 0.3 is 6.09 Å². The molecule has 2 aliphatic heterocycles. The van der Waals surface area contributed by atoms with Gasteiger partial charge in [0.1, 0.15) is 11.7 Å². The number of hydrogen-bond acceptors (Lipinski definition) is 4. The highest BCUT2D eigenvalue weighted by molar-refractivity contribution is 5.90. The minimum Gasteiger partial charge on any atom is -0.444 e. The third-order valence-electron chi connectivity index (χ3n) is 3.87. The average Bonchev–Trinajstić information content (AvgIpc) is 2.57. The fourth-order valence-corrected chi connectivity index (χ4v) is 2.70. The Morgan fingerprint density at radius 2 is 1.95 bits per heavy atom. The Hall–Kier alpha value is -1.10. The van der Waals surface area contributed by atoms with Gasteiger partial charge in [0.05, 0.1) is 12.0 Å². The number of carbonyl (C=O) groups is 2. The predicted octanol–water partition coefficient (Wildman–Crippen LogP) is 1.99. The predicted molar refractivity (Wildman–Crippen MR) is 69.9 cm³/mol. The number of piperidine rings is 1. The number of Topliss-reactive ketones (excluding diaryl/α,β-unsaturated/α-hetero) is 1. The molecule has 1 amide bonds. The van der Waals surface area contributed by atoms with E-state index < -0.39 is 5.60 Å². The molecule has 5 nitrogen and oxygen atoms in total. The first-order chi connectivity index (χ1) is 8.73. The van der Waals surface area contributed by atoms with Crippen LogP contribution >= 0.6 is 0 Å². The van der Waals surface area contributed by atoms with Gasteiger partial charge in [-0.25, -0.2) is 4.79 Å². The zero-order valence-corrected chi connectivity index (χ0v) is 12.2. The number of amides is 1. The van der Waals surface area contributed by atoms with Crippen molar-refractivity contribution in [3.8, 4) is 0 Å². The molecule has 1 atom stereocenters. The van der Waals surface area contributed by atoms with Crippen molar-refractivity contribution in [3.63, 3.8) is 0 Å². The Kier molecular flexibility index (Phi) is 3.60. The van der Waals surface area contributed by atoms with E-state index in [0.717, 1.165) is 0 Å². The number of rotatable bonds is 0. The van der Waals surface area contributed by atoms with Gasteiger partial charge in [0.2, 0.25) is 0 Å². The van der Waals surface area contributed by atoms with Crippen LogP contribution in [0.15, 0.2) is 0 Å². The van der Waals surface area contributed by atoms with Crippen LogP contribution in [0.3, 0.4) is 0 Å². The van der Waals surface area contributed by atoms with E-state index in [4.69, 9.17) is 9.47 Å². The highest BCUT2D eigenvalue weighted by atomic mass is 16.6. The van der Waals surface area contributed by atoms with Gasteiger partial charge in [-0.15, -0.1) is 0 Å². The average molecular weight is 269 g/mol. The normalized spacial score (nSPS) is 26.8. The highest BCUT2D eigenvalue weighted by Gasteiger charge is 2.49. The first-order valence-electron chi connectivity index (χ1n) is 6.87. The summed E-state index contributed by atoms with van der Waals surface area (Å²) < 4.78 is 10.8. The maximum Gasteiger partial charge on any atom is 0.410 e. The van der Waals surface area contributed by atoms with Crippen LogP contribution in [0.4, 0.5) is 4.79 Å². The molecule has 0 aromatic rings. The second-order valence-electron chi connectivity index (χ2n) is 6.57. The van der Waals surface area contributed by atoms with Crippen LogP contribution in [0.1, 0.15) is 40.5 Å². The molecule has 1 unspecified atom stereocenters. The van der Waals surface area contributed by atoms with Crippen LogP contribution in [-0.2, 0) is 14.3 Å². The van der Waals surface area contributed by atoms with E-state index in [9.17, 15) is 9.59 Å². The molecule has 0 aliphatic carbocycles. The number of ether oxygens (including phenoxy) is 2. The number of ketones is 1. The smallest absolute Gasteiger partial charge is 0.410 e. The minimum atomic E-state index is -0.479. The lowest BCUT2D eigenvalue weighted by Crippen LogP contribution is -2.48. The third-order valence-corrected chi connectivity index (χ3v) is 3.87. The molecule has 2 aliphatic rings. The lowest BCUT2D eigenvalue weighted by molar-refractivity contribution is -0.129. The lowest BCUT2D eigenvalue weighted by atomic mass is 9.76. The Labute approximate surface area is 114 Å². The van der Waals surface area contributed by atoms with Gasteiger partial charge in [-0.2, -0.15) is 0 Å². The van der Waals surface area contributed by atoms with E-state index in [1.807, 2.05) is 20.8 Å². The summed E-state index contributed by atoms with van der Waals surface area (Å²) in [6.45, 7) is 8.99. The van der Waals surface area contributed by atoms with E-state index in [1.165, 1.54) is 0 Å². The third kappa shape index (κ3) is 2.91. The van der Waals surface area contributed by atoms with Crippen molar-refractivity contribution < 1.29 is 19.1 Å². The standard InChI is InChI=1S/C14H23NO4/c1-10-11(16)14(9-18-10)5-7-15(8-6-14)12(17)19-13(2,3)4/h10H,5-9H2,1-4H3. The van der Waals surface area contributed by atoms with E-state index in [0.29, 0.717) is 32.5 Å². The van der Waals surface area contributed by atoms with Gasteiger partial charge in [0, 0.05) is 13.1 Å². The molecule has 5 heteroatoms. The van der Waals surface area contributed by atoms with Crippen LogP contribution in [0, 0.1) is 5.41 Å². The number of likely N-dealkylation sites (tertiary alicyclic amines) is 1. The second-order valence-corrected chi connectivity index (χ2v) is 6.57. The van der Waals surface area contributed by atoms with Crippen molar-refractivity contribution in [2.75, 3.05) is 19.7 Å². The van der Waals surface area contributed by atoms with Gasteiger partial charge in [-0.1, -0.05) is 0 Å². The van der Waals surface area contributed by atoms with Gasteiger partial charge < -0.3 is 14.4 Å². The summed E-state index contributed by atoms with van der Waals surface area (Å²) in [4.78, 5) is 25.8. The molecule has 1 spiro atoms. The fourth-order valence-electron chi connectivity index (χ4n) is 2.70. The summed E-state index contributed by atoms with van der Waals surface area (Å²) in [5, 5.41) is 0. The van der Waals surface area contributed by atoms with E-state index in [-0.39, 0.29) is 23.4 Å². The fraction of sp³-hybridized carbons (Fsp3) is 0.857. The van der Waals surface area contributed by atoms with Gasteiger partial charge in [0.15, 0.2) is 5.78 Å². The molecule has 108 valence electrons. The van der Waals surface area contributed by atoms with Crippen LogP contribution in [0.25, 0.3) is 0 Å². The summed E-state index contributed by atoms with van der Waals surface area (Å²) in [5.41, 5.74) is -0.842. The summed E-state index contributed by atoms with van der Waals surface area (Å²) in [5.74, 6) is 0.191. The summed E-state index contributed by atoms with van der Waals surface area (Å²) >= 11 is 0. The summed E-state index contributed by atoms with van der Waals surface area (Å²) in [6.07, 6.45) is 0.764. The molecule has 2 saturated heterocycles. The van der Waals surface area contributed by atoms with Gasteiger partial charge in [0.25, 0.3) is 0 Å². The molecular formula is C14H23NO4. The lowest BCUT2D eigenvalue weighted by Gasteiger charge is -2.37. The molecule has 0 radical (unpaired) electrons. The molecule has 2 fully saturated rings. The van der Waals surface area contributed by atoms with E-state index in [1.54, 1.807) is 11.8 Å². The van der Waals surface area contributed by atoms with Crippen molar-refractivity contribution in [2.45, 2.75) is 52.2 Å². The quantitative estimate of drug-likeness (QED) is 0.675. The number of hydrogen-bond donors (Lipinski definition) is 0.